The maximum Gasteiger partial charge on any atom is 0.224 e. The summed E-state index contributed by atoms with van der Waals surface area (Å²) in [5, 5.41) is 15.4. The van der Waals surface area contributed by atoms with E-state index in [4.69, 9.17) is 0 Å². The number of benzene rings is 1. The van der Waals surface area contributed by atoms with Crippen molar-refractivity contribution in [2.45, 2.75) is 65.3 Å². The SMILES string of the molecule is Cc1ccc(-c2nnc3n2CCCCC3)cc1NC(=O)CC(C)C1CCNCC1.Cl.Cl. The number of aryl methyl sites for hydroxylation is 2. The maximum atomic E-state index is 12.7. The molecular weight excluding hydrogens is 433 g/mol. The van der Waals surface area contributed by atoms with E-state index in [1.54, 1.807) is 0 Å². The fourth-order valence-electron chi connectivity index (χ4n) is 4.67. The number of anilines is 1. The standard InChI is InChI=1S/C23H33N5O.2ClH/c1-16-7-8-19(23-27-26-21-6-4-3-5-13-28(21)23)15-20(16)25-22(29)14-17(2)18-9-11-24-12-10-18;;/h7-8,15,17-18,24H,3-6,9-14H2,1-2H3,(H,25,29);2*1H. The lowest BCUT2D eigenvalue weighted by atomic mass is 9.84. The minimum absolute atomic E-state index is 0. The number of fused-ring (bicyclic) bond motifs is 1. The van der Waals surface area contributed by atoms with E-state index in [0.29, 0.717) is 18.3 Å². The second-order valence-electron chi connectivity index (χ2n) is 8.75. The lowest BCUT2D eigenvalue weighted by molar-refractivity contribution is -0.117. The van der Waals surface area contributed by atoms with E-state index in [0.717, 1.165) is 54.5 Å². The number of nitrogens with zero attached hydrogens (tertiary/aromatic N) is 3. The molecule has 1 aromatic carbocycles. The molecule has 0 radical (unpaired) electrons. The van der Waals surface area contributed by atoms with Gasteiger partial charge in [-0.1, -0.05) is 25.5 Å². The average Bonchev–Trinajstić information content (AvgIpc) is 2.98. The third-order valence-electron chi connectivity index (χ3n) is 6.58. The van der Waals surface area contributed by atoms with Gasteiger partial charge in [0.05, 0.1) is 0 Å². The number of halogens is 2. The second-order valence-corrected chi connectivity index (χ2v) is 8.75. The molecule has 1 atom stereocenters. The zero-order valence-corrected chi connectivity index (χ0v) is 20.2. The van der Waals surface area contributed by atoms with Crippen molar-refractivity contribution in [2.75, 3.05) is 18.4 Å². The molecule has 6 nitrogen and oxygen atoms in total. The van der Waals surface area contributed by atoms with Crippen LogP contribution in [-0.2, 0) is 17.8 Å². The predicted molar refractivity (Wildman–Crippen MR) is 130 cm³/mol. The minimum Gasteiger partial charge on any atom is -0.326 e. The molecule has 0 aliphatic carbocycles. The second kappa shape index (κ2) is 11.8. The molecule has 0 bridgehead atoms. The molecule has 2 aromatic rings. The number of hydrogen-bond donors (Lipinski definition) is 2. The van der Waals surface area contributed by atoms with Crippen LogP contribution in [0.25, 0.3) is 11.4 Å². The lowest BCUT2D eigenvalue weighted by Gasteiger charge is -2.28. The first-order valence-electron chi connectivity index (χ1n) is 11.2. The van der Waals surface area contributed by atoms with Crippen molar-refractivity contribution < 1.29 is 4.79 Å². The predicted octanol–water partition coefficient (Wildman–Crippen LogP) is 4.79. The Labute approximate surface area is 197 Å². The highest BCUT2D eigenvalue weighted by atomic mass is 35.5. The fraction of sp³-hybridized carbons (Fsp3) is 0.609. The number of carbonyl (C=O) groups is 1. The molecule has 8 heteroatoms. The van der Waals surface area contributed by atoms with Gasteiger partial charge in [-0.05, 0) is 69.2 Å². The summed E-state index contributed by atoms with van der Waals surface area (Å²) in [4.78, 5) is 12.7. The quantitative estimate of drug-likeness (QED) is 0.662. The van der Waals surface area contributed by atoms with Crippen LogP contribution in [0.1, 0.15) is 56.8 Å². The Bertz CT molecular complexity index is 864. The third-order valence-corrected chi connectivity index (χ3v) is 6.58. The van der Waals surface area contributed by atoms with Crippen LogP contribution in [0.15, 0.2) is 18.2 Å². The smallest absolute Gasteiger partial charge is 0.224 e. The molecule has 1 amide bonds. The zero-order chi connectivity index (χ0) is 20.2. The van der Waals surface area contributed by atoms with Crippen LogP contribution in [0.2, 0.25) is 0 Å². The molecule has 2 N–H and O–H groups in total. The van der Waals surface area contributed by atoms with Crippen molar-refractivity contribution in [3.63, 3.8) is 0 Å². The summed E-state index contributed by atoms with van der Waals surface area (Å²) in [6, 6.07) is 6.22. The van der Waals surface area contributed by atoms with Crippen LogP contribution < -0.4 is 10.6 Å². The van der Waals surface area contributed by atoms with Gasteiger partial charge in [0.2, 0.25) is 5.91 Å². The van der Waals surface area contributed by atoms with Gasteiger partial charge in [0.1, 0.15) is 5.82 Å². The summed E-state index contributed by atoms with van der Waals surface area (Å²) in [5.74, 6) is 3.16. The van der Waals surface area contributed by atoms with E-state index in [1.807, 2.05) is 6.92 Å². The largest absolute Gasteiger partial charge is 0.326 e. The zero-order valence-electron chi connectivity index (χ0n) is 18.5. The number of nitrogens with one attached hydrogen (secondary N) is 2. The molecule has 0 saturated carbocycles. The molecule has 1 fully saturated rings. The van der Waals surface area contributed by atoms with Gasteiger partial charge in [-0.15, -0.1) is 35.0 Å². The van der Waals surface area contributed by atoms with E-state index >= 15 is 0 Å². The lowest BCUT2D eigenvalue weighted by Crippen LogP contribution is -2.32. The molecule has 4 rings (SSSR count). The van der Waals surface area contributed by atoms with Crippen LogP contribution in [0.4, 0.5) is 5.69 Å². The van der Waals surface area contributed by atoms with Gasteiger partial charge < -0.3 is 15.2 Å². The van der Waals surface area contributed by atoms with Gasteiger partial charge in [0, 0.05) is 30.6 Å². The van der Waals surface area contributed by atoms with E-state index in [1.165, 1.54) is 32.1 Å². The number of aromatic nitrogens is 3. The summed E-state index contributed by atoms with van der Waals surface area (Å²) in [7, 11) is 0. The van der Waals surface area contributed by atoms with Crippen molar-refractivity contribution in [1.82, 2.24) is 20.1 Å². The van der Waals surface area contributed by atoms with Crippen molar-refractivity contribution in [3.8, 4) is 11.4 Å². The molecular formula is C23H35Cl2N5O. The Kier molecular flexibility index (Phi) is 9.79. The first-order valence-corrected chi connectivity index (χ1v) is 11.2. The number of amides is 1. The summed E-state index contributed by atoms with van der Waals surface area (Å²) >= 11 is 0. The Morgan fingerprint density at radius 2 is 1.97 bits per heavy atom. The highest BCUT2D eigenvalue weighted by molar-refractivity contribution is 5.92. The Hall–Kier alpha value is -1.63. The normalized spacial score (nSPS) is 17.5. The number of carbonyl (C=O) groups excluding carboxylic acids is 1. The van der Waals surface area contributed by atoms with Crippen molar-refractivity contribution >= 4 is 36.4 Å². The van der Waals surface area contributed by atoms with Gasteiger partial charge in [0.15, 0.2) is 5.82 Å². The van der Waals surface area contributed by atoms with Crippen molar-refractivity contribution in [1.29, 1.82) is 0 Å². The first-order chi connectivity index (χ1) is 14.1. The number of rotatable bonds is 5. The van der Waals surface area contributed by atoms with E-state index in [-0.39, 0.29) is 30.7 Å². The number of hydrogen-bond acceptors (Lipinski definition) is 4. The van der Waals surface area contributed by atoms with Crippen LogP contribution >= 0.6 is 24.8 Å². The molecule has 2 aliphatic heterocycles. The molecule has 0 spiro atoms. The fourth-order valence-corrected chi connectivity index (χ4v) is 4.67. The molecule has 1 saturated heterocycles. The third kappa shape index (κ3) is 6.21. The van der Waals surface area contributed by atoms with Gasteiger partial charge in [-0.25, -0.2) is 0 Å². The monoisotopic (exact) mass is 467 g/mol. The summed E-state index contributed by atoms with van der Waals surface area (Å²) < 4.78 is 2.25. The van der Waals surface area contributed by atoms with E-state index in [2.05, 4.69) is 50.5 Å². The van der Waals surface area contributed by atoms with E-state index in [9.17, 15) is 4.79 Å². The maximum absolute atomic E-state index is 12.7. The highest BCUT2D eigenvalue weighted by Crippen LogP contribution is 2.28. The van der Waals surface area contributed by atoms with Crippen LogP contribution in [-0.4, -0.2) is 33.8 Å². The van der Waals surface area contributed by atoms with Crippen LogP contribution in [0, 0.1) is 18.8 Å². The van der Waals surface area contributed by atoms with Gasteiger partial charge >= 0.3 is 0 Å². The van der Waals surface area contributed by atoms with Crippen molar-refractivity contribution in [2.24, 2.45) is 11.8 Å². The molecule has 1 unspecified atom stereocenters. The molecule has 3 heterocycles. The number of piperidine rings is 1. The Morgan fingerprint density at radius 3 is 2.74 bits per heavy atom. The van der Waals surface area contributed by atoms with Crippen LogP contribution in [0.3, 0.4) is 0 Å². The minimum atomic E-state index is 0. The van der Waals surface area contributed by atoms with E-state index < -0.39 is 0 Å². The highest BCUT2D eigenvalue weighted by Gasteiger charge is 2.22. The molecule has 31 heavy (non-hydrogen) atoms. The first kappa shape index (κ1) is 25.6. The Morgan fingerprint density at radius 1 is 1.19 bits per heavy atom. The summed E-state index contributed by atoms with van der Waals surface area (Å²) in [5.41, 5.74) is 2.99. The summed E-state index contributed by atoms with van der Waals surface area (Å²) in [6.07, 6.45) is 7.51. The Balaban J connectivity index is 0.00000171. The van der Waals surface area contributed by atoms with Gasteiger partial charge in [0.25, 0.3) is 0 Å². The topological polar surface area (TPSA) is 71.8 Å². The van der Waals surface area contributed by atoms with Crippen LogP contribution in [0.5, 0.6) is 0 Å². The van der Waals surface area contributed by atoms with Gasteiger partial charge in [-0.3, -0.25) is 4.79 Å². The molecule has 1 aromatic heterocycles. The molecule has 172 valence electrons. The average molecular weight is 468 g/mol. The summed E-state index contributed by atoms with van der Waals surface area (Å²) in [6.45, 7) is 7.37. The van der Waals surface area contributed by atoms with Crippen molar-refractivity contribution in [3.05, 3.63) is 29.6 Å². The van der Waals surface area contributed by atoms with Gasteiger partial charge in [-0.2, -0.15) is 0 Å². The molecule has 2 aliphatic rings.